The van der Waals surface area contributed by atoms with E-state index in [0.29, 0.717) is 26.1 Å². The van der Waals surface area contributed by atoms with Gasteiger partial charge in [-0.25, -0.2) is 4.79 Å². The van der Waals surface area contributed by atoms with Crippen LogP contribution in [-0.4, -0.2) is 72.7 Å². The minimum absolute atomic E-state index is 0.0102. The Labute approximate surface area is 194 Å². The number of likely N-dealkylation sites (N-methyl/N-ethyl adjacent to an activating group) is 1. The summed E-state index contributed by atoms with van der Waals surface area (Å²) in [7, 11) is 3.28. The molecule has 0 aliphatic heterocycles. The van der Waals surface area contributed by atoms with Gasteiger partial charge in [0.25, 0.3) is 5.56 Å². The van der Waals surface area contributed by atoms with Crippen molar-refractivity contribution in [3.8, 4) is 0 Å². The van der Waals surface area contributed by atoms with E-state index >= 15 is 0 Å². The lowest BCUT2D eigenvalue weighted by Crippen LogP contribution is -2.49. The van der Waals surface area contributed by atoms with Crippen molar-refractivity contribution in [1.29, 1.82) is 0 Å². The largest absolute Gasteiger partial charge is 0.385 e. The van der Waals surface area contributed by atoms with Gasteiger partial charge >= 0.3 is 5.69 Å². The van der Waals surface area contributed by atoms with Crippen LogP contribution in [0.3, 0.4) is 0 Å². The van der Waals surface area contributed by atoms with Crippen LogP contribution >= 0.6 is 0 Å². The third-order valence-electron chi connectivity index (χ3n) is 5.81. The first-order chi connectivity index (χ1) is 15.8. The summed E-state index contributed by atoms with van der Waals surface area (Å²) in [6.07, 6.45) is 5.67. The van der Waals surface area contributed by atoms with Gasteiger partial charge in [-0.3, -0.25) is 28.8 Å². The molecule has 1 aromatic rings. The summed E-state index contributed by atoms with van der Waals surface area (Å²) in [5.74, 6) is -0.509. The third kappa shape index (κ3) is 7.43. The highest BCUT2D eigenvalue weighted by molar-refractivity contribution is 5.97. The smallest absolute Gasteiger partial charge is 0.330 e. The number of carbonyl (C=O) groups is 2. The zero-order valence-corrected chi connectivity index (χ0v) is 20.0. The Morgan fingerprint density at radius 1 is 1.21 bits per heavy atom. The number of hydrogen-bond donors (Lipinski definition) is 3. The van der Waals surface area contributed by atoms with Gasteiger partial charge < -0.3 is 20.7 Å². The lowest BCUT2D eigenvalue weighted by atomic mass is 10.1. The summed E-state index contributed by atoms with van der Waals surface area (Å²) in [4.78, 5) is 56.0. The molecule has 2 amide bonds. The maximum Gasteiger partial charge on any atom is 0.330 e. The van der Waals surface area contributed by atoms with E-state index in [1.54, 1.807) is 19.1 Å². The lowest BCUT2D eigenvalue weighted by molar-refractivity contribution is -0.123. The minimum Gasteiger partial charge on any atom is -0.385 e. The van der Waals surface area contributed by atoms with Gasteiger partial charge in [0.05, 0.1) is 13.1 Å². The van der Waals surface area contributed by atoms with E-state index < -0.39 is 11.2 Å². The Morgan fingerprint density at radius 2 is 1.91 bits per heavy atom. The molecule has 4 N–H and O–H groups in total. The van der Waals surface area contributed by atoms with Gasteiger partial charge in [0.1, 0.15) is 5.82 Å². The number of rotatable bonds is 13. The normalized spacial score (nSPS) is 14.1. The van der Waals surface area contributed by atoms with E-state index in [2.05, 4.69) is 10.3 Å². The van der Waals surface area contributed by atoms with Crippen LogP contribution in [0.5, 0.6) is 0 Å². The molecule has 1 aliphatic rings. The molecule has 11 nitrogen and oxygen atoms in total. The van der Waals surface area contributed by atoms with Gasteiger partial charge in [-0.15, -0.1) is 0 Å². The van der Waals surface area contributed by atoms with E-state index in [0.717, 1.165) is 38.5 Å². The molecular weight excluding hydrogens is 428 g/mol. The monoisotopic (exact) mass is 466 g/mol. The van der Waals surface area contributed by atoms with Crippen LogP contribution in [0.4, 0.5) is 11.5 Å². The number of unbranched alkanes of at least 4 members (excludes halogenated alkanes) is 1. The number of methoxy groups -OCH3 is 1. The van der Waals surface area contributed by atoms with Crippen molar-refractivity contribution in [2.24, 2.45) is 0 Å². The first kappa shape index (κ1) is 26.6. The number of ether oxygens (including phenoxy) is 1. The Morgan fingerprint density at radius 3 is 2.55 bits per heavy atom. The van der Waals surface area contributed by atoms with Crippen LogP contribution < -0.4 is 27.2 Å². The van der Waals surface area contributed by atoms with Gasteiger partial charge in [-0.05, 0) is 32.7 Å². The number of amides is 2. The molecule has 0 radical (unpaired) electrons. The molecule has 1 heterocycles. The van der Waals surface area contributed by atoms with E-state index in [4.69, 9.17) is 10.5 Å². The number of nitrogens with one attached hydrogen (secondary N) is 2. The van der Waals surface area contributed by atoms with Gasteiger partial charge in [-0.1, -0.05) is 26.2 Å². The van der Waals surface area contributed by atoms with Crippen molar-refractivity contribution in [2.75, 3.05) is 51.0 Å². The average molecular weight is 467 g/mol. The number of carbonyl (C=O) groups excluding carboxylic acids is 2. The highest BCUT2D eigenvalue weighted by Gasteiger charge is 2.33. The van der Waals surface area contributed by atoms with Crippen molar-refractivity contribution in [2.45, 2.75) is 64.5 Å². The quantitative estimate of drug-likeness (QED) is 0.354. The van der Waals surface area contributed by atoms with Gasteiger partial charge in [-0.2, -0.15) is 0 Å². The second-order valence-electron chi connectivity index (χ2n) is 8.57. The van der Waals surface area contributed by atoms with Crippen LogP contribution in [0.1, 0.15) is 51.9 Å². The number of nitrogens with zero attached hydrogens (tertiary/aromatic N) is 3. The molecule has 0 atom stereocenters. The summed E-state index contributed by atoms with van der Waals surface area (Å²) in [6.45, 7) is 3.38. The minimum atomic E-state index is -0.663. The molecule has 2 rings (SSSR count). The van der Waals surface area contributed by atoms with Crippen molar-refractivity contribution >= 4 is 23.3 Å². The molecular formula is C22H38N6O5. The van der Waals surface area contributed by atoms with Gasteiger partial charge in [0.15, 0.2) is 5.69 Å². The summed E-state index contributed by atoms with van der Waals surface area (Å²) >= 11 is 0. The average Bonchev–Trinajstić information content (AvgIpc) is 3.28. The van der Waals surface area contributed by atoms with Crippen molar-refractivity contribution < 1.29 is 14.3 Å². The molecule has 0 aromatic carbocycles. The van der Waals surface area contributed by atoms with Crippen LogP contribution in [0, 0.1) is 0 Å². The maximum atomic E-state index is 13.4. The molecule has 0 unspecified atom stereocenters. The fraction of sp³-hybridized carbons (Fsp3) is 0.727. The number of anilines is 2. The molecule has 33 heavy (non-hydrogen) atoms. The number of aromatic nitrogens is 2. The summed E-state index contributed by atoms with van der Waals surface area (Å²) in [6, 6.07) is -0.172. The summed E-state index contributed by atoms with van der Waals surface area (Å²) < 4.78 is 6.29. The number of H-pyrrole nitrogens is 1. The number of aromatic amines is 1. The highest BCUT2D eigenvalue weighted by atomic mass is 16.5. The lowest BCUT2D eigenvalue weighted by Gasteiger charge is -2.31. The molecule has 11 heteroatoms. The van der Waals surface area contributed by atoms with Gasteiger partial charge in [0, 0.05) is 32.8 Å². The zero-order valence-electron chi connectivity index (χ0n) is 20.0. The SMILES string of the molecule is CCCCn1c(N)c(N(C(=O)CN(C)CC(=O)NCCCOC)C2CCCC2)c(=O)[nH]c1=O. The number of hydrogen-bond acceptors (Lipinski definition) is 7. The molecule has 1 fully saturated rings. The Balaban J connectivity index is 2.22. The topological polar surface area (TPSA) is 143 Å². The maximum absolute atomic E-state index is 13.4. The number of nitrogens with two attached hydrogens (primary N) is 1. The molecule has 186 valence electrons. The first-order valence-electron chi connectivity index (χ1n) is 11.7. The van der Waals surface area contributed by atoms with Crippen molar-refractivity contribution in [3.05, 3.63) is 20.8 Å². The predicted octanol–water partition coefficient (Wildman–Crippen LogP) is 0.279. The zero-order chi connectivity index (χ0) is 24.4. The Kier molecular flexibility index (Phi) is 10.6. The first-order valence-corrected chi connectivity index (χ1v) is 11.7. The van der Waals surface area contributed by atoms with E-state index in [1.807, 2.05) is 6.92 Å². The molecule has 1 saturated carbocycles. The second-order valence-corrected chi connectivity index (χ2v) is 8.57. The Bertz CT molecular complexity index is 906. The molecule has 0 bridgehead atoms. The fourth-order valence-corrected chi connectivity index (χ4v) is 4.13. The van der Waals surface area contributed by atoms with Gasteiger partial charge in [0.2, 0.25) is 11.8 Å². The standard InChI is InChI=1S/C22H38N6O5/c1-4-5-12-27-20(23)19(21(31)25-22(27)32)28(16-9-6-7-10-16)18(30)15-26(2)14-17(29)24-11-8-13-33-3/h16H,4-15,23H2,1-3H3,(H,24,29)(H,25,31,32). The van der Waals surface area contributed by atoms with E-state index in [9.17, 15) is 19.2 Å². The molecule has 1 aliphatic carbocycles. The Hall–Kier alpha value is -2.66. The fourth-order valence-electron chi connectivity index (χ4n) is 4.13. The van der Waals surface area contributed by atoms with Crippen LogP contribution in [0.2, 0.25) is 0 Å². The molecule has 0 saturated heterocycles. The van der Waals surface area contributed by atoms with E-state index in [1.165, 1.54) is 9.47 Å². The van der Waals surface area contributed by atoms with Crippen molar-refractivity contribution in [3.63, 3.8) is 0 Å². The molecule has 0 spiro atoms. The van der Waals surface area contributed by atoms with Crippen LogP contribution in [-0.2, 0) is 20.9 Å². The van der Waals surface area contributed by atoms with E-state index in [-0.39, 0.29) is 42.5 Å². The van der Waals surface area contributed by atoms with Crippen LogP contribution in [0.25, 0.3) is 0 Å². The number of nitrogen functional groups attached to an aromatic ring is 1. The van der Waals surface area contributed by atoms with Crippen molar-refractivity contribution in [1.82, 2.24) is 19.8 Å². The second kappa shape index (κ2) is 13.1. The molecule has 1 aromatic heterocycles. The predicted molar refractivity (Wildman–Crippen MR) is 127 cm³/mol. The highest BCUT2D eigenvalue weighted by Crippen LogP contribution is 2.29. The summed E-state index contributed by atoms with van der Waals surface area (Å²) in [5.41, 5.74) is 5.08. The third-order valence-corrected chi connectivity index (χ3v) is 5.81. The van der Waals surface area contributed by atoms with Crippen LogP contribution in [0.15, 0.2) is 9.59 Å². The summed E-state index contributed by atoms with van der Waals surface area (Å²) in [5, 5.41) is 2.79.